The molecule has 0 atom stereocenters. The van der Waals surface area contributed by atoms with Gasteiger partial charge in [-0.2, -0.15) is 0 Å². The highest BCUT2D eigenvalue weighted by Gasteiger charge is 2.22. The van der Waals surface area contributed by atoms with Gasteiger partial charge in [0.15, 0.2) is 0 Å². The van der Waals surface area contributed by atoms with Gasteiger partial charge in [0.1, 0.15) is 0 Å². The number of nitrogens with zero attached hydrogens (tertiary/aromatic N) is 3. The summed E-state index contributed by atoms with van der Waals surface area (Å²) in [5, 5.41) is 8.98. The van der Waals surface area contributed by atoms with Crippen molar-refractivity contribution in [3.63, 3.8) is 0 Å². The van der Waals surface area contributed by atoms with E-state index in [4.69, 9.17) is 5.11 Å². The van der Waals surface area contributed by atoms with Crippen molar-refractivity contribution >= 4 is 0 Å². The second-order valence-corrected chi connectivity index (χ2v) is 7.24. The molecule has 1 N–H and O–H groups in total. The van der Waals surface area contributed by atoms with E-state index in [0.29, 0.717) is 12.6 Å². The normalized spacial score (nSPS) is 16.6. The van der Waals surface area contributed by atoms with E-state index in [1.807, 2.05) is 0 Å². The molecular weight excluding hydrogens is 310 g/mol. The highest BCUT2D eigenvalue weighted by molar-refractivity contribution is 5.17. The van der Waals surface area contributed by atoms with E-state index in [9.17, 15) is 0 Å². The molecule has 1 aliphatic heterocycles. The largest absolute Gasteiger partial charge is 0.396 e. The Balaban J connectivity index is 1.45. The van der Waals surface area contributed by atoms with E-state index in [0.717, 1.165) is 39.1 Å². The summed E-state index contributed by atoms with van der Waals surface area (Å²) in [6, 6.07) is 13.5. The zero-order valence-corrected chi connectivity index (χ0v) is 15.3. The third-order valence-corrected chi connectivity index (χ3v) is 5.28. The van der Waals surface area contributed by atoms with Gasteiger partial charge >= 0.3 is 0 Å². The fourth-order valence-electron chi connectivity index (χ4n) is 3.76. The van der Waals surface area contributed by atoms with E-state index in [1.54, 1.807) is 0 Å². The van der Waals surface area contributed by atoms with E-state index in [2.05, 4.69) is 70.2 Å². The van der Waals surface area contributed by atoms with Gasteiger partial charge in [-0.25, -0.2) is 0 Å². The summed E-state index contributed by atoms with van der Waals surface area (Å²) >= 11 is 0. The van der Waals surface area contributed by atoms with Crippen LogP contribution < -0.4 is 0 Å². The maximum atomic E-state index is 8.98. The van der Waals surface area contributed by atoms with E-state index in [-0.39, 0.29) is 0 Å². The Labute approximate surface area is 151 Å². The van der Waals surface area contributed by atoms with Gasteiger partial charge in [-0.15, -0.1) is 0 Å². The molecule has 0 aliphatic carbocycles. The van der Waals surface area contributed by atoms with E-state index in [1.165, 1.54) is 24.0 Å². The Morgan fingerprint density at radius 2 is 1.80 bits per heavy atom. The Morgan fingerprint density at radius 3 is 2.52 bits per heavy atom. The lowest BCUT2D eigenvalue weighted by Crippen LogP contribution is -2.43. The average Bonchev–Trinajstić information content (AvgIpc) is 3.08. The molecule has 2 heterocycles. The van der Waals surface area contributed by atoms with Crippen molar-refractivity contribution in [2.45, 2.75) is 38.4 Å². The van der Waals surface area contributed by atoms with Crippen molar-refractivity contribution in [3.05, 3.63) is 59.9 Å². The quantitative estimate of drug-likeness (QED) is 0.801. The van der Waals surface area contributed by atoms with Gasteiger partial charge < -0.3 is 14.6 Å². The Hall–Kier alpha value is -1.62. The molecule has 25 heavy (non-hydrogen) atoms. The lowest BCUT2D eigenvalue weighted by atomic mass is 10.0. The zero-order chi connectivity index (χ0) is 17.5. The van der Waals surface area contributed by atoms with Crippen LogP contribution in [0.1, 0.15) is 30.4 Å². The minimum Gasteiger partial charge on any atom is -0.396 e. The van der Waals surface area contributed by atoms with Crippen LogP contribution >= 0.6 is 0 Å². The molecule has 0 radical (unpaired) electrons. The summed E-state index contributed by atoms with van der Waals surface area (Å²) in [4.78, 5) is 4.99. The SMILES string of the molecule is CN(CCCO)C1CCN(Cc2ccn(Cc3ccccc3)c2)CC1. The second-order valence-electron chi connectivity index (χ2n) is 7.24. The molecule has 1 aliphatic rings. The zero-order valence-electron chi connectivity index (χ0n) is 15.3. The molecule has 0 saturated carbocycles. The van der Waals surface area contributed by atoms with Crippen LogP contribution in [-0.4, -0.2) is 58.8 Å². The first kappa shape index (κ1) is 18.2. The molecule has 1 saturated heterocycles. The summed E-state index contributed by atoms with van der Waals surface area (Å²) < 4.78 is 2.28. The minimum absolute atomic E-state index is 0.295. The second kappa shape index (κ2) is 9.18. The van der Waals surface area contributed by atoms with Gasteiger partial charge in [0.05, 0.1) is 0 Å². The maximum absolute atomic E-state index is 8.98. The van der Waals surface area contributed by atoms with Crippen LogP contribution in [0.15, 0.2) is 48.8 Å². The fraction of sp³-hybridized carbons (Fsp3) is 0.524. The van der Waals surface area contributed by atoms with Crippen LogP contribution in [0.3, 0.4) is 0 Å². The molecule has 0 unspecified atom stereocenters. The molecule has 136 valence electrons. The minimum atomic E-state index is 0.295. The number of hydrogen-bond donors (Lipinski definition) is 1. The predicted molar refractivity (Wildman–Crippen MR) is 103 cm³/mol. The van der Waals surface area contributed by atoms with Gasteiger partial charge in [0.25, 0.3) is 0 Å². The first-order valence-electron chi connectivity index (χ1n) is 9.46. The highest BCUT2D eigenvalue weighted by atomic mass is 16.3. The van der Waals surface area contributed by atoms with Gasteiger partial charge in [0.2, 0.25) is 0 Å². The third-order valence-electron chi connectivity index (χ3n) is 5.28. The smallest absolute Gasteiger partial charge is 0.0470 e. The predicted octanol–water partition coefficient (Wildman–Crippen LogP) is 2.82. The van der Waals surface area contributed by atoms with Crippen molar-refractivity contribution in [3.8, 4) is 0 Å². The molecule has 1 fully saturated rings. The van der Waals surface area contributed by atoms with Crippen LogP contribution in [0.4, 0.5) is 0 Å². The fourth-order valence-corrected chi connectivity index (χ4v) is 3.76. The van der Waals surface area contributed by atoms with Crippen LogP contribution in [0.5, 0.6) is 0 Å². The van der Waals surface area contributed by atoms with Gasteiger partial charge in [-0.3, -0.25) is 4.90 Å². The molecule has 3 rings (SSSR count). The topological polar surface area (TPSA) is 31.6 Å². The molecule has 2 aromatic rings. The number of aliphatic hydroxyl groups is 1. The van der Waals surface area contributed by atoms with Gasteiger partial charge in [-0.1, -0.05) is 30.3 Å². The number of benzene rings is 1. The summed E-state index contributed by atoms with van der Waals surface area (Å²) in [6.45, 7) is 5.62. The monoisotopic (exact) mass is 341 g/mol. The van der Waals surface area contributed by atoms with Crippen LogP contribution in [0.2, 0.25) is 0 Å². The number of aromatic nitrogens is 1. The molecule has 4 nitrogen and oxygen atoms in total. The maximum Gasteiger partial charge on any atom is 0.0470 e. The first-order valence-corrected chi connectivity index (χ1v) is 9.46. The third kappa shape index (κ3) is 5.43. The van der Waals surface area contributed by atoms with Crippen LogP contribution in [0.25, 0.3) is 0 Å². The van der Waals surface area contributed by atoms with Crippen molar-refractivity contribution in [1.82, 2.24) is 14.4 Å². The molecule has 1 aromatic carbocycles. The van der Waals surface area contributed by atoms with E-state index >= 15 is 0 Å². The van der Waals surface area contributed by atoms with Crippen molar-refractivity contribution < 1.29 is 5.11 Å². The highest BCUT2D eigenvalue weighted by Crippen LogP contribution is 2.18. The average molecular weight is 341 g/mol. The Kier molecular flexibility index (Phi) is 6.68. The molecule has 0 amide bonds. The summed E-state index contributed by atoms with van der Waals surface area (Å²) in [5.41, 5.74) is 2.75. The van der Waals surface area contributed by atoms with Gasteiger partial charge in [0, 0.05) is 44.7 Å². The number of rotatable bonds is 8. The summed E-state index contributed by atoms with van der Waals surface area (Å²) in [5.74, 6) is 0. The number of piperidine rings is 1. The number of hydrogen-bond acceptors (Lipinski definition) is 3. The lowest BCUT2D eigenvalue weighted by Gasteiger charge is -2.36. The Morgan fingerprint density at radius 1 is 1.04 bits per heavy atom. The molecule has 1 aromatic heterocycles. The molecule has 0 spiro atoms. The van der Waals surface area contributed by atoms with Crippen molar-refractivity contribution in [1.29, 1.82) is 0 Å². The molecule has 0 bridgehead atoms. The summed E-state index contributed by atoms with van der Waals surface area (Å²) in [7, 11) is 2.19. The number of aliphatic hydroxyl groups excluding tert-OH is 1. The van der Waals surface area contributed by atoms with Crippen molar-refractivity contribution in [2.24, 2.45) is 0 Å². The standard InChI is InChI=1S/C21H31N3O/c1-22(11-5-15-25)21-9-13-23(14-10-21)17-20-8-12-24(18-20)16-19-6-3-2-4-7-19/h2-4,6-8,12,18,21,25H,5,9-11,13-17H2,1H3. The Bertz CT molecular complexity index is 617. The van der Waals surface area contributed by atoms with Crippen LogP contribution in [0, 0.1) is 0 Å². The summed E-state index contributed by atoms with van der Waals surface area (Å²) in [6.07, 6.45) is 7.81. The lowest BCUT2D eigenvalue weighted by molar-refractivity contribution is 0.117. The first-order chi connectivity index (χ1) is 12.2. The van der Waals surface area contributed by atoms with Gasteiger partial charge in [-0.05, 0) is 56.6 Å². The number of likely N-dealkylation sites (tertiary alicyclic amines) is 1. The molecular formula is C21H31N3O. The molecule has 4 heteroatoms. The van der Waals surface area contributed by atoms with Crippen LogP contribution in [-0.2, 0) is 13.1 Å². The van der Waals surface area contributed by atoms with E-state index < -0.39 is 0 Å². The van der Waals surface area contributed by atoms with Crippen molar-refractivity contribution in [2.75, 3.05) is 33.3 Å².